The summed E-state index contributed by atoms with van der Waals surface area (Å²) in [5, 5.41) is 0. The highest BCUT2D eigenvalue weighted by molar-refractivity contribution is 5.89. The van der Waals surface area contributed by atoms with E-state index >= 15 is 0 Å². The summed E-state index contributed by atoms with van der Waals surface area (Å²) in [6.07, 6.45) is 0. The molecule has 1 aliphatic heterocycles. The number of hydrogen-bond acceptors (Lipinski definition) is 3. The molecule has 2 rings (SSSR count). The van der Waals surface area contributed by atoms with Gasteiger partial charge in [0, 0.05) is 6.54 Å². The molecule has 0 aliphatic carbocycles. The third-order valence-electron chi connectivity index (χ3n) is 3.02. The lowest BCUT2D eigenvalue weighted by Gasteiger charge is -2.45. The van der Waals surface area contributed by atoms with E-state index in [0.717, 1.165) is 11.3 Å². The number of likely N-dealkylation sites (N-methyl/N-ethyl adjacent to an activating group) is 1. The van der Waals surface area contributed by atoms with Crippen LogP contribution < -0.4 is 10.5 Å². The quantitative estimate of drug-likeness (QED) is 0.771. The Morgan fingerprint density at radius 2 is 2.25 bits per heavy atom. The molecule has 1 aliphatic rings. The van der Waals surface area contributed by atoms with Crippen molar-refractivity contribution in [2.75, 3.05) is 13.7 Å². The second-order valence-corrected chi connectivity index (χ2v) is 3.87. The van der Waals surface area contributed by atoms with Crippen LogP contribution in [0.4, 0.5) is 0 Å². The zero-order chi connectivity index (χ0) is 11.7. The van der Waals surface area contributed by atoms with E-state index in [1.165, 1.54) is 0 Å². The number of ether oxygens (including phenoxy) is 1. The number of nitrogens with zero attached hydrogens (tertiary/aromatic N) is 1. The molecule has 1 aromatic carbocycles. The van der Waals surface area contributed by atoms with E-state index in [1.807, 2.05) is 31.2 Å². The monoisotopic (exact) mass is 220 g/mol. The number of β-lactam (4-membered cyclic amide) rings is 1. The topological polar surface area (TPSA) is 55.6 Å². The highest BCUT2D eigenvalue weighted by Crippen LogP contribution is 2.34. The van der Waals surface area contributed by atoms with Crippen molar-refractivity contribution in [3.05, 3.63) is 29.8 Å². The van der Waals surface area contributed by atoms with Crippen LogP contribution in [0.5, 0.6) is 5.75 Å². The molecule has 2 N–H and O–H groups in total. The summed E-state index contributed by atoms with van der Waals surface area (Å²) < 4.78 is 5.16. The average Bonchev–Trinajstić information content (AvgIpc) is 2.34. The predicted octanol–water partition coefficient (Wildman–Crippen LogP) is 0.926. The largest absolute Gasteiger partial charge is 0.497 e. The molecule has 0 saturated carbocycles. The summed E-state index contributed by atoms with van der Waals surface area (Å²) in [4.78, 5) is 13.3. The van der Waals surface area contributed by atoms with Crippen LogP contribution in [-0.2, 0) is 4.79 Å². The van der Waals surface area contributed by atoms with Crippen molar-refractivity contribution in [2.45, 2.75) is 19.0 Å². The Balaban J connectivity index is 2.26. The first-order valence-electron chi connectivity index (χ1n) is 5.39. The third-order valence-corrected chi connectivity index (χ3v) is 3.02. The molecule has 1 saturated heterocycles. The zero-order valence-electron chi connectivity index (χ0n) is 9.51. The number of nitrogens with two attached hydrogens (primary N) is 1. The maximum Gasteiger partial charge on any atom is 0.242 e. The van der Waals surface area contributed by atoms with Gasteiger partial charge in [-0.2, -0.15) is 0 Å². The average molecular weight is 220 g/mol. The minimum Gasteiger partial charge on any atom is -0.497 e. The summed E-state index contributed by atoms with van der Waals surface area (Å²) in [7, 11) is 1.63. The molecule has 4 heteroatoms. The van der Waals surface area contributed by atoms with Gasteiger partial charge >= 0.3 is 0 Å². The molecule has 86 valence electrons. The SMILES string of the molecule is CCN1C(=O)[C@H](N)[C@@H]1c1cccc(OC)c1. The lowest BCUT2D eigenvalue weighted by Crippen LogP contribution is -2.62. The molecule has 1 fully saturated rings. The Labute approximate surface area is 95.0 Å². The zero-order valence-corrected chi connectivity index (χ0v) is 9.51. The molecule has 1 heterocycles. The van der Waals surface area contributed by atoms with Crippen molar-refractivity contribution in [1.82, 2.24) is 4.90 Å². The number of amides is 1. The number of benzene rings is 1. The van der Waals surface area contributed by atoms with Crippen molar-refractivity contribution in [1.29, 1.82) is 0 Å². The van der Waals surface area contributed by atoms with Crippen LogP contribution in [0.25, 0.3) is 0 Å². The van der Waals surface area contributed by atoms with E-state index in [0.29, 0.717) is 6.54 Å². The van der Waals surface area contributed by atoms with Gasteiger partial charge in [-0.05, 0) is 24.6 Å². The Bertz CT molecular complexity index is 406. The van der Waals surface area contributed by atoms with Gasteiger partial charge in [-0.15, -0.1) is 0 Å². The lowest BCUT2D eigenvalue weighted by atomic mass is 9.89. The normalized spacial score (nSPS) is 24.2. The van der Waals surface area contributed by atoms with E-state index in [9.17, 15) is 4.79 Å². The number of methoxy groups -OCH3 is 1. The van der Waals surface area contributed by atoms with Crippen molar-refractivity contribution >= 4 is 5.91 Å². The molecular formula is C12H16N2O2. The van der Waals surface area contributed by atoms with Gasteiger partial charge in [-0.25, -0.2) is 0 Å². The standard InChI is InChI=1S/C12H16N2O2/c1-3-14-11(10(13)12(14)15)8-5-4-6-9(7-8)16-2/h4-7,10-11H,3,13H2,1-2H3/t10-,11+/m1/s1. The predicted molar refractivity (Wildman–Crippen MR) is 61.1 cm³/mol. The van der Waals surface area contributed by atoms with E-state index in [-0.39, 0.29) is 11.9 Å². The van der Waals surface area contributed by atoms with Gasteiger partial charge < -0.3 is 15.4 Å². The molecule has 4 nitrogen and oxygen atoms in total. The highest BCUT2D eigenvalue weighted by atomic mass is 16.5. The Morgan fingerprint density at radius 3 is 2.88 bits per heavy atom. The highest BCUT2D eigenvalue weighted by Gasteiger charge is 2.44. The molecule has 1 aromatic rings. The number of likely N-dealkylation sites (tertiary alicyclic amines) is 1. The van der Waals surface area contributed by atoms with E-state index in [2.05, 4.69) is 0 Å². The maximum atomic E-state index is 11.5. The second kappa shape index (κ2) is 4.14. The fraction of sp³-hybridized carbons (Fsp3) is 0.417. The van der Waals surface area contributed by atoms with Crippen LogP contribution in [0.1, 0.15) is 18.5 Å². The van der Waals surface area contributed by atoms with Crippen molar-refractivity contribution < 1.29 is 9.53 Å². The molecule has 16 heavy (non-hydrogen) atoms. The van der Waals surface area contributed by atoms with Crippen LogP contribution in [0, 0.1) is 0 Å². The first-order valence-corrected chi connectivity index (χ1v) is 5.39. The summed E-state index contributed by atoms with van der Waals surface area (Å²) in [5.41, 5.74) is 6.86. The molecule has 0 aromatic heterocycles. The molecule has 1 amide bonds. The van der Waals surface area contributed by atoms with Crippen LogP contribution in [0.2, 0.25) is 0 Å². The lowest BCUT2D eigenvalue weighted by molar-refractivity contribution is -0.149. The van der Waals surface area contributed by atoms with E-state index < -0.39 is 6.04 Å². The molecule has 0 unspecified atom stereocenters. The summed E-state index contributed by atoms with van der Waals surface area (Å²) in [6.45, 7) is 2.64. The third kappa shape index (κ3) is 1.55. The maximum absolute atomic E-state index is 11.5. The van der Waals surface area contributed by atoms with Crippen LogP contribution in [0.15, 0.2) is 24.3 Å². The smallest absolute Gasteiger partial charge is 0.242 e. The fourth-order valence-corrected chi connectivity index (χ4v) is 2.14. The number of carbonyl (C=O) groups is 1. The number of carbonyl (C=O) groups excluding carboxylic acids is 1. The summed E-state index contributed by atoms with van der Waals surface area (Å²) >= 11 is 0. The number of rotatable bonds is 3. The summed E-state index contributed by atoms with van der Waals surface area (Å²) in [5.74, 6) is 0.815. The molecule has 2 atom stereocenters. The van der Waals surface area contributed by atoms with Crippen molar-refractivity contribution in [3.63, 3.8) is 0 Å². The van der Waals surface area contributed by atoms with Crippen molar-refractivity contribution in [3.8, 4) is 5.75 Å². The van der Waals surface area contributed by atoms with Crippen molar-refractivity contribution in [2.24, 2.45) is 5.73 Å². The summed E-state index contributed by atoms with van der Waals surface area (Å²) in [6, 6.07) is 7.28. The van der Waals surface area contributed by atoms with E-state index in [1.54, 1.807) is 12.0 Å². The minimum atomic E-state index is -0.410. The van der Waals surface area contributed by atoms with Crippen LogP contribution >= 0.6 is 0 Å². The minimum absolute atomic E-state index is 0.00685. The van der Waals surface area contributed by atoms with Gasteiger partial charge in [0.05, 0.1) is 13.2 Å². The first-order chi connectivity index (χ1) is 7.69. The Kier molecular flexibility index (Phi) is 2.83. The van der Waals surface area contributed by atoms with Crippen LogP contribution in [0.3, 0.4) is 0 Å². The van der Waals surface area contributed by atoms with Gasteiger partial charge in [0.1, 0.15) is 11.8 Å². The Hall–Kier alpha value is -1.55. The van der Waals surface area contributed by atoms with Crippen LogP contribution in [-0.4, -0.2) is 30.5 Å². The molecule has 0 bridgehead atoms. The Morgan fingerprint density at radius 1 is 1.50 bits per heavy atom. The fourth-order valence-electron chi connectivity index (χ4n) is 2.14. The molecular weight excluding hydrogens is 204 g/mol. The molecule has 0 spiro atoms. The van der Waals surface area contributed by atoms with E-state index in [4.69, 9.17) is 10.5 Å². The van der Waals surface area contributed by atoms with Gasteiger partial charge in [0.25, 0.3) is 0 Å². The van der Waals surface area contributed by atoms with Gasteiger partial charge in [0.2, 0.25) is 5.91 Å². The van der Waals surface area contributed by atoms with Gasteiger partial charge in [-0.3, -0.25) is 4.79 Å². The first kappa shape index (κ1) is 11.0. The second-order valence-electron chi connectivity index (χ2n) is 3.87. The number of hydrogen-bond donors (Lipinski definition) is 1. The molecule has 0 radical (unpaired) electrons. The van der Waals surface area contributed by atoms with Gasteiger partial charge in [0.15, 0.2) is 0 Å². The van der Waals surface area contributed by atoms with Gasteiger partial charge in [-0.1, -0.05) is 12.1 Å².